The first-order chi connectivity index (χ1) is 11.7. The van der Waals surface area contributed by atoms with Crippen LogP contribution in [0.2, 0.25) is 0 Å². The Morgan fingerprint density at radius 2 is 1.28 bits per heavy atom. The summed E-state index contributed by atoms with van der Waals surface area (Å²) in [5.41, 5.74) is 0. The van der Waals surface area contributed by atoms with Gasteiger partial charge in [0.1, 0.15) is 0 Å². The van der Waals surface area contributed by atoms with Gasteiger partial charge in [-0.3, -0.25) is 20.2 Å². The van der Waals surface area contributed by atoms with Crippen molar-refractivity contribution in [1.82, 2.24) is 16.0 Å². The molecule has 0 spiro atoms. The minimum atomic E-state index is -1.43. The molecule has 1 aliphatic rings. The highest BCUT2D eigenvalue weighted by molar-refractivity contribution is 5.69. The molecule has 1 aliphatic carbocycles. The Morgan fingerprint density at radius 1 is 0.880 bits per heavy atom. The van der Waals surface area contributed by atoms with Gasteiger partial charge in [0.2, 0.25) is 0 Å². The number of hydrogen-bond donors (Lipinski definition) is 9. The highest BCUT2D eigenvalue weighted by atomic mass is 16.4. The second-order valence-electron chi connectivity index (χ2n) is 6.05. The number of rotatable bonds is 10. The minimum absolute atomic E-state index is 0.255. The van der Waals surface area contributed by atoms with Gasteiger partial charge in [0.05, 0.1) is 56.1 Å². The first-order valence-electron chi connectivity index (χ1n) is 8.04. The normalized spacial score (nSPS) is 33.8. The molecule has 0 saturated heterocycles. The number of carboxylic acids is 2. The van der Waals surface area contributed by atoms with Crippen LogP contribution in [0.3, 0.4) is 0 Å². The molecule has 146 valence electrons. The van der Waals surface area contributed by atoms with Crippen LogP contribution in [0.1, 0.15) is 13.3 Å². The van der Waals surface area contributed by atoms with Crippen molar-refractivity contribution in [2.75, 3.05) is 19.7 Å². The number of carboxylic acid groups (broad SMARTS) is 2. The predicted octanol–water partition coefficient (Wildman–Crippen LogP) is -4.10. The molecule has 11 heteroatoms. The lowest BCUT2D eigenvalue weighted by Gasteiger charge is -2.47. The van der Waals surface area contributed by atoms with E-state index >= 15 is 0 Å². The number of nitrogens with one attached hydrogen (secondary N) is 3. The molecule has 7 atom stereocenters. The SMILES string of the molecule is CCC(CO)N[C@@H]1[C@H](O)[C@H](NCC(=O)O)[C@H](O)[C@H](NCC(=O)O)[C@@H]1O. The molecule has 1 saturated carbocycles. The van der Waals surface area contributed by atoms with Crippen molar-refractivity contribution in [2.24, 2.45) is 0 Å². The van der Waals surface area contributed by atoms with Crippen molar-refractivity contribution in [2.45, 2.75) is 55.8 Å². The van der Waals surface area contributed by atoms with Crippen LogP contribution in [0.4, 0.5) is 0 Å². The summed E-state index contributed by atoms with van der Waals surface area (Å²) in [6.45, 7) is 0.453. The molecule has 0 bridgehead atoms. The molecular weight excluding hydrogens is 338 g/mol. The second-order valence-corrected chi connectivity index (χ2v) is 6.05. The summed E-state index contributed by atoms with van der Waals surface area (Å²) in [4.78, 5) is 21.5. The number of carbonyl (C=O) groups is 2. The lowest BCUT2D eigenvalue weighted by atomic mass is 9.79. The van der Waals surface area contributed by atoms with E-state index in [0.29, 0.717) is 6.42 Å². The molecule has 1 rings (SSSR count). The lowest BCUT2D eigenvalue weighted by molar-refractivity contribution is -0.138. The molecule has 0 aromatic rings. The van der Waals surface area contributed by atoms with Crippen molar-refractivity contribution in [3.63, 3.8) is 0 Å². The standard InChI is InChI=1S/C14H27N3O8/c1-2-6(5-18)17-11-13(24)9(15-3-7(19)20)12(23)10(14(11)25)16-4-8(21)22/h6,9-18,23-25H,2-5H2,1H3,(H,19,20)(H,21,22)/t6?,9-,10+,11-,12+,13-,14+. The summed E-state index contributed by atoms with van der Waals surface area (Å²) in [5.74, 6) is -2.40. The van der Waals surface area contributed by atoms with Crippen molar-refractivity contribution < 1.29 is 40.2 Å². The maximum Gasteiger partial charge on any atom is 0.317 e. The number of aliphatic carboxylic acids is 2. The van der Waals surface area contributed by atoms with Gasteiger partial charge in [-0.05, 0) is 6.42 Å². The second kappa shape index (κ2) is 9.97. The quantitative estimate of drug-likeness (QED) is 0.183. The van der Waals surface area contributed by atoms with Gasteiger partial charge < -0.3 is 36.0 Å². The molecule has 0 aliphatic heterocycles. The third-order valence-electron chi connectivity index (χ3n) is 4.33. The first-order valence-corrected chi connectivity index (χ1v) is 8.04. The Morgan fingerprint density at radius 3 is 1.60 bits per heavy atom. The van der Waals surface area contributed by atoms with E-state index in [0.717, 1.165) is 0 Å². The first kappa shape index (κ1) is 21.7. The summed E-state index contributed by atoms with van der Waals surface area (Å²) in [7, 11) is 0. The van der Waals surface area contributed by atoms with E-state index in [9.17, 15) is 30.0 Å². The van der Waals surface area contributed by atoms with E-state index in [1.165, 1.54) is 0 Å². The van der Waals surface area contributed by atoms with E-state index in [-0.39, 0.29) is 6.61 Å². The van der Waals surface area contributed by atoms with Crippen molar-refractivity contribution in [1.29, 1.82) is 0 Å². The molecule has 0 aromatic carbocycles. The molecular formula is C14H27N3O8. The van der Waals surface area contributed by atoms with Crippen molar-refractivity contribution in [3.05, 3.63) is 0 Å². The zero-order chi connectivity index (χ0) is 19.1. The van der Waals surface area contributed by atoms with Crippen LogP contribution >= 0.6 is 0 Å². The molecule has 9 N–H and O–H groups in total. The van der Waals surface area contributed by atoms with E-state index in [1.807, 2.05) is 0 Å². The Kier molecular flexibility index (Phi) is 8.65. The van der Waals surface area contributed by atoms with Gasteiger partial charge in [0.15, 0.2) is 0 Å². The highest BCUT2D eigenvalue weighted by Gasteiger charge is 2.49. The van der Waals surface area contributed by atoms with Crippen LogP contribution in [0, 0.1) is 0 Å². The Labute approximate surface area is 144 Å². The van der Waals surface area contributed by atoms with Crippen molar-refractivity contribution in [3.8, 4) is 0 Å². The fraction of sp³-hybridized carbons (Fsp3) is 0.857. The number of aliphatic hydroxyl groups excluding tert-OH is 4. The minimum Gasteiger partial charge on any atom is -0.480 e. The Bertz CT molecular complexity index is 416. The average Bonchev–Trinajstić information content (AvgIpc) is 2.54. The summed E-state index contributed by atoms with van der Waals surface area (Å²) >= 11 is 0. The number of hydrogen-bond acceptors (Lipinski definition) is 9. The van der Waals surface area contributed by atoms with Crippen LogP contribution in [0.25, 0.3) is 0 Å². The maximum absolute atomic E-state index is 10.8. The topological polar surface area (TPSA) is 192 Å². The fourth-order valence-electron chi connectivity index (χ4n) is 2.94. The lowest BCUT2D eigenvalue weighted by Crippen LogP contribution is -2.74. The van der Waals surface area contributed by atoms with Crippen molar-refractivity contribution >= 4 is 11.9 Å². The van der Waals surface area contributed by atoms with Crippen LogP contribution in [0.5, 0.6) is 0 Å². The van der Waals surface area contributed by atoms with Gasteiger partial charge in [0.25, 0.3) is 0 Å². The highest BCUT2D eigenvalue weighted by Crippen LogP contribution is 2.22. The van der Waals surface area contributed by atoms with E-state index in [1.54, 1.807) is 6.92 Å². The molecule has 0 heterocycles. The predicted molar refractivity (Wildman–Crippen MR) is 85.0 cm³/mol. The molecule has 11 nitrogen and oxygen atoms in total. The van der Waals surface area contributed by atoms with Gasteiger partial charge in [-0.1, -0.05) is 6.92 Å². The van der Waals surface area contributed by atoms with Crippen LogP contribution in [0.15, 0.2) is 0 Å². The summed E-state index contributed by atoms with van der Waals surface area (Å²) in [6.07, 6.45) is -3.67. The molecule has 0 amide bonds. The third-order valence-corrected chi connectivity index (χ3v) is 4.33. The molecule has 1 unspecified atom stereocenters. The van der Waals surface area contributed by atoms with E-state index < -0.39 is 67.5 Å². The largest absolute Gasteiger partial charge is 0.480 e. The van der Waals surface area contributed by atoms with Gasteiger partial charge in [0, 0.05) is 6.04 Å². The van der Waals surface area contributed by atoms with Crippen LogP contribution in [-0.4, -0.2) is 105 Å². The summed E-state index contributed by atoms with van der Waals surface area (Å²) < 4.78 is 0. The Hall–Kier alpha value is -1.34. The van der Waals surface area contributed by atoms with Gasteiger partial charge in [-0.15, -0.1) is 0 Å². The molecule has 25 heavy (non-hydrogen) atoms. The van der Waals surface area contributed by atoms with E-state index in [4.69, 9.17) is 10.2 Å². The van der Waals surface area contributed by atoms with Gasteiger partial charge in [-0.25, -0.2) is 0 Å². The van der Waals surface area contributed by atoms with Gasteiger partial charge in [-0.2, -0.15) is 0 Å². The number of aliphatic hydroxyl groups is 4. The molecule has 0 radical (unpaired) electrons. The van der Waals surface area contributed by atoms with Crippen LogP contribution in [-0.2, 0) is 9.59 Å². The monoisotopic (exact) mass is 365 g/mol. The fourth-order valence-corrected chi connectivity index (χ4v) is 2.94. The van der Waals surface area contributed by atoms with E-state index in [2.05, 4.69) is 16.0 Å². The van der Waals surface area contributed by atoms with Crippen LogP contribution < -0.4 is 16.0 Å². The third kappa shape index (κ3) is 5.85. The smallest absolute Gasteiger partial charge is 0.317 e. The zero-order valence-corrected chi connectivity index (χ0v) is 13.9. The molecule has 0 aromatic heterocycles. The average molecular weight is 365 g/mol. The zero-order valence-electron chi connectivity index (χ0n) is 13.9. The molecule has 1 fully saturated rings. The summed E-state index contributed by atoms with van der Waals surface area (Å²) in [6, 6.07) is -3.71. The van der Waals surface area contributed by atoms with Gasteiger partial charge >= 0.3 is 11.9 Å². The summed E-state index contributed by atoms with van der Waals surface area (Å²) in [5, 5.41) is 66.0. The maximum atomic E-state index is 10.8. The Balaban J connectivity index is 2.99.